The summed E-state index contributed by atoms with van der Waals surface area (Å²) in [5.74, 6) is -0.555. The number of rotatable bonds is 7. The van der Waals surface area contributed by atoms with Crippen LogP contribution in [-0.4, -0.2) is 41.6 Å². The first-order chi connectivity index (χ1) is 15.7. The van der Waals surface area contributed by atoms with E-state index in [4.69, 9.17) is 4.74 Å². The van der Waals surface area contributed by atoms with E-state index in [2.05, 4.69) is 10.1 Å². The molecule has 9 heteroatoms. The van der Waals surface area contributed by atoms with Crippen molar-refractivity contribution in [3.63, 3.8) is 0 Å². The Labute approximate surface area is 192 Å². The summed E-state index contributed by atoms with van der Waals surface area (Å²) >= 11 is 0. The zero-order valence-electron chi connectivity index (χ0n) is 18.7. The quantitative estimate of drug-likeness (QED) is 0.528. The fourth-order valence-corrected chi connectivity index (χ4v) is 4.42. The Morgan fingerprint density at radius 1 is 0.939 bits per heavy atom. The van der Waals surface area contributed by atoms with Crippen LogP contribution in [0, 0.1) is 6.92 Å². The molecule has 33 heavy (non-hydrogen) atoms. The van der Waals surface area contributed by atoms with Crippen LogP contribution in [0.15, 0.2) is 71.6 Å². The molecule has 1 amide bonds. The van der Waals surface area contributed by atoms with Gasteiger partial charge in [0.1, 0.15) is 5.75 Å². The summed E-state index contributed by atoms with van der Waals surface area (Å²) in [5, 5.41) is 2.72. The van der Waals surface area contributed by atoms with Crippen LogP contribution in [0.4, 0.5) is 11.4 Å². The number of hydrogen-bond acceptors (Lipinski definition) is 6. The number of anilines is 2. The van der Waals surface area contributed by atoms with Gasteiger partial charge in [0, 0.05) is 18.3 Å². The minimum absolute atomic E-state index is 0.0345. The van der Waals surface area contributed by atoms with E-state index in [9.17, 15) is 18.0 Å². The molecule has 0 fully saturated rings. The van der Waals surface area contributed by atoms with Crippen molar-refractivity contribution in [2.75, 3.05) is 30.9 Å². The molecule has 0 heterocycles. The van der Waals surface area contributed by atoms with Crippen molar-refractivity contribution in [3.8, 4) is 5.75 Å². The molecule has 0 aliphatic heterocycles. The fourth-order valence-electron chi connectivity index (χ4n) is 3.19. The summed E-state index contributed by atoms with van der Waals surface area (Å²) in [4.78, 5) is 24.4. The van der Waals surface area contributed by atoms with Crippen molar-refractivity contribution in [2.45, 2.75) is 11.8 Å². The fraction of sp³-hybridized carbons (Fsp3) is 0.167. The molecule has 1 N–H and O–H groups in total. The van der Waals surface area contributed by atoms with Crippen LogP contribution in [0.2, 0.25) is 0 Å². The summed E-state index contributed by atoms with van der Waals surface area (Å²) in [6, 6.07) is 17.3. The lowest BCUT2D eigenvalue weighted by Gasteiger charge is -2.22. The Morgan fingerprint density at radius 2 is 1.61 bits per heavy atom. The van der Waals surface area contributed by atoms with E-state index in [0.717, 1.165) is 4.31 Å². The molecule has 0 spiro atoms. The number of ether oxygens (including phenoxy) is 2. The van der Waals surface area contributed by atoms with E-state index < -0.39 is 21.9 Å². The van der Waals surface area contributed by atoms with E-state index >= 15 is 0 Å². The first kappa shape index (κ1) is 23.8. The van der Waals surface area contributed by atoms with Crippen molar-refractivity contribution < 1.29 is 27.5 Å². The van der Waals surface area contributed by atoms with Crippen LogP contribution < -0.4 is 14.4 Å². The highest BCUT2D eigenvalue weighted by atomic mass is 32.2. The Bertz CT molecular complexity index is 1290. The lowest BCUT2D eigenvalue weighted by Crippen LogP contribution is -2.27. The second-order valence-electron chi connectivity index (χ2n) is 7.14. The van der Waals surface area contributed by atoms with Gasteiger partial charge in [-0.3, -0.25) is 9.10 Å². The number of amides is 1. The van der Waals surface area contributed by atoms with Crippen LogP contribution in [0.3, 0.4) is 0 Å². The minimum atomic E-state index is -3.97. The maximum absolute atomic E-state index is 13.3. The van der Waals surface area contributed by atoms with Gasteiger partial charge in [-0.15, -0.1) is 0 Å². The number of methoxy groups -OCH3 is 2. The number of para-hydroxylation sites is 2. The highest BCUT2D eigenvalue weighted by molar-refractivity contribution is 7.92. The molecule has 0 atom stereocenters. The molecule has 3 aromatic carbocycles. The number of nitrogens with one attached hydrogen (secondary N) is 1. The van der Waals surface area contributed by atoms with Crippen molar-refractivity contribution in [3.05, 3.63) is 83.4 Å². The van der Waals surface area contributed by atoms with Gasteiger partial charge in [-0.25, -0.2) is 13.2 Å². The average Bonchev–Trinajstić information content (AvgIpc) is 2.83. The van der Waals surface area contributed by atoms with Gasteiger partial charge in [0.15, 0.2) is 0 Å². The van der Waals surface area contributed by atoms with E-state index in [-0.39, 0.29) is 10.5 Å². The van der Waals surface area contributed by atoms with Gasteiger partial charge >= 0.3 is 5.97 Å². The monoisotopic (exact) mass is 468 g/mol. The average molecular weight is 469 g/mol. The zero-order valence-corrected chi connectivity index (χ0v) is 19.5. The van der Waals surface area contributed by atoms with E-state index in [1.807, 2.05) is 0 Å². The second-order valence-corrected chi connectivity index (χ2v) is 9.11. The highest BCUT2D eigenvalue weighted by Crippen LogP contribution is 2.31. The molecule has 0 bridgehead atoms. The third kappa shape index (κ3) is 4.98. The Kier molecular flexibility index (Phi) is 7.03. The molecule has 0 aliphatic carbocycles. The van der Waals surface area contributed by atoms with Crippen molar-refractivity contribution in [1.29, 1.82) is 0 Å². The summed E-state index contributed by atoms with van der Waals surface area (Å²) in [7, 11) is 0.208. The van der Waals surface area contributed by atoms with Crippen molar-refractivity contribution in [1.82, 2.24) is 0 Å². The molecule has 0 saturated carbocycles. The predicted molar refractivity (Wildman–Crippen MR) is 125 cm³/mol. The van der Waals surface area contributed by atoms with E-state index in [1.54, 1.807) is 49.4 Å². The molecule has 0 aromatic heterocycles. The first-order valence-electron chi connectivity index (χ1n) is 9.91. The maximum Gasteiger partial charge on any atom is 0.337 e. The standard InChI is InChI=1S/C24H24N2O6S/c1-16-9-14-19(33(29,30)26(2)21-7-5-6-8-22(21)31-3)15-20(16)23(27)25-18-12-10-17(11-13-18)24(28)32-4/h5-15H,1-4H3,(H,25,27). The molecule has 8 nitrogen and oxygen atoms in total. The normalized spacial score (nSPS) is 10.9. The predicted octanol–water partition coefficient (Wildman–Crippen LogP) is 3.87. The molecule has 3 aromatic rings. The SMILES string of the molecule is COC(=O)c1ccc(NC(=O)c2cc(S(=O)(=O)N(C)c3ccccc3OC)ccc2C)cc1. The number of nitrogens with zero attached hydrogens (tertiary/aromatic N) is 1. The van der Waals surface area contributed by atoms with Gasteiger partial charge < -0.3 is 14.8 Å². The van der Waals surface area contributed by atoms with Gasteiger partial charge in [-0.1, -0.05) is 18.2 Å². The molecule has 0 saturated heterocycles. The molecule has 3 rings (SSSR count). The van der Waals surface area contributed by atoms with Gasteiger partial charge in [-0.2, -0.15) is 0 Å². The third-order valence-electron chi connectivity index (χ3n) is 5.10. The van der Waals surface area contributed by atoms with Crippen LogP contribution in [0.1, 0.15) is 26.3 Å². The van der Waals surface area contributed by atoms with Gasteiger partial charge in [0.2, 0.25) is 0 Å². The van der Waals surface area contributed by atoms with Crippen LogP contribution in [-0.2, 0) is 14.8 Å². The number of esters is 1. The lowest BCUT2D eigenvalue weighted by atomic mass is 10.1. The summed E-state index contributed by atoms with van der Waals surface area (Å²) < 4.78 is 37.6. The first-order valence-corrected chi connectivity index (χ1v) is 11.4. The molecular weight excluding hydrogens is 444 g/mol. The van der Waals surface area contributed by atoms with Crippen molar-refractivity contribution >= 4 is 33.3 Å². The Hall–Kier alpha value is -3.85. The van der Waals surface area contributed by atoms with E-state index in [1.165, 1.54) is 45.5 Å². The summed E-state index contributed by atoms with van der Waals surface area (Å²) in [6.07, 6.45) is 0. The van der Waals surface area contributed by atoms with Crippen molar-refractivity contribution in [2.24, 2.45) is 0 Å². The van der Waals surface area contributed by atoms with Crippen LogP contribution >= 0.6 is 0 Å². The Balaban J connectivity index is 1.89. The second kappa shape index (κ2) is 9.74. The van der Waals surface area contributed by atoms with Crippen LogP contribution in [0.25, 0.3) is 0 Å². The molecular formula is C24H24N2O6S. The summed E-state index contributed by atoms with van der Waals surface area (Å²) in [6.45, 7) is 1.72. The number of hydrogen-bond donors (Lipinski definition) is 1. The number of sulfonamides is 1. The summed E-state index contributed by atoms with van der Waals surface area (Å²) in [5.41, 5.74) is 1.99. The number of aryl methyl sites for hydroxylation is 1. The third-order valence-corrected chi connectivity index (χ3v) is 6.87. The maximum atomic E-state index is 13.3. The topological polar surface area (TPSA) is 102 Å². The number of benzene rings is 3. The smallest absolute Gasteiger partial charge is 0.337 e. The van der Waals surface area contributed by atoms with Gasteiger partial charge in [0.05, 0.1) is 30.4 Å². The Morgan fingerprint density at radius 3 is 2.24 bits per heavy atom. The zero-order chi connectivity index (χ0) is 24.2. The highest BCUT2D eigenvalue weighted by Gasteiger charge is 2.25. The minimum Gasteiger partial charge on any atom is -0.495 e. The van der Waals surface area contributed by atoms with Gasteiger partial charge in [-0.05, 0) is 61.0 Å². The largest absolute Gasteiger partial charge is 0.495 e. The van der Waals surface area contributed by atoms with Gasteiger partial charge in [0.25, 0.3) is 15.9 Å². The molecule has 0 unspecified atom stereocenters. The number of carbonyl (C=O) groups excluding carboxylic acids is 2. The van der Waals surface area contributed by atoms with E-state index in [0.29, 0.717) is 28.3 Å². The number of carbonyl (C=O) groups is 2. The molecule has 0 aliphatic rings. The lowest BCUT2D eigenvalue weighted by molar-refractivity contribution is 0.0600. The molecule has 172 valence electrons. The molecule has 0 radical (unpaired) electrons. The van der Waals surface area contributed by atoms with Crippen LogP contribution in [0.5, 0.6) is 5.75 Å².